The summed E-state index contributed by atoms with van der Waals surface area (Å²) in [7, 11) is 0. The number of rotatable bonds is 3. The summed E-state index contributed by atoms with van der Waals surface area (Å²) in [6.45, 7) is 0. The number of carboxylic acids is 2. The maximum atomic E-state index is 13.0. The normalized spacial score (nSPS) is 11.1. The van der Waals surface area contributed by atoms with Gasteiger partial charge >= 0.3 is 17.9 Å². The second-order valence-electron chi connectivity index (χ2n) is 2.66. The Bertz CT molecular complexity index is 414. The highest BCUT2D eigenvalue weighted by atomic mass is 19.3. The highest BCUT2D eigenvalue weighted by Gasteiger charge is 2.43. The van der Waals surface area contributed by atoms with Crippen LogP contribution >= 0.6 is 0 Å². The third kappa shape index (κ3) is 1.93. The molecule has 0 amide bonds. The smallest absolute Gasteiger partial charge is 0.379 e. The summed E-state index contributed by atoms with van der Waals surface area (Å²) in [5, 5.41) is 16.8. The first-order valence-corrected chi connectivity index (χ1v) is 3.72. The molecule has 0 atom stereocenters. The number of aliphatic carboxylic acids is 1. The van der Waals surface area contributed by atoms with Crippen LogP contribution in [0.3, 0.4) is 0 Å². The zero-order valence-electron chi connectivity index (χ0n) is 7.20. The Morgan fingerprint density at radius 1 is 1.33 bits per heavy atom. The molecule has 2 N–H and O–H groups in total. The van der Waals surface area contributed by atoms with Gasteiger partial charge < -0.3 is 10.2 Å². The lowest BCUT2D eigenvalue weighted by Gasteiger charge is -2.13. The van der Waals surface area contributed by atoms with Crippen molar-refractivity contribution in [2.24, 2.45) is 0 Å². The standard InChI is InChI=1S/C9H5F2O4/c10-9(11,8(14)15)6-4-2-1-3-5(6)7(12)13/h2-4H,(H,12,13)(H,14,15). The van der Waals surface area contributed by atoms with E-state index in [1.54, 1.807) is 0 Å². The zero-order chi connectivity index (χ0) is 11.6. The fourth-order valence-corrected chi connectivity index (χ4v) is 0.996. The van der Waals surface area contributed by atoms with E-state index in [-0.39, 0.29) is 0 Å². The zero-order valence-corrected chi connectivity index (χ0v) is 7.20. The van der Waals surface area contributed by atoms with Gasteiger partial charge in [-0.05, 0) is 12.1 Å². The van der Waals surface area contributed by atoms with E-state index in [1.165, 1.54) is 0 Å². The molecule has 15 heavy (non-hydrogen) atoms. The van der Waals surface area contributed by atoms with E-state index in [9.17, 15) is 18.4 Å². The summed E-state index contributed by atoms with van der Waals surface area (Å²) in [6, 6.07) is 4.83. The first kappa shape index (κ1) is 11.1. The summed E-state index contributed by atoms with van der Waals surface area (Å²) in [5.41, 5.74) is -1.83. The van der Waals surface area contributed by atoms with Gasteiger partial charge in [0.2, 0.25) is 0 Å². The minimum Gasteiger partial charge on any atom is -0.478 e. The Morgan fingerprint density at radius 3 is 2.40 bits per heavy atom. The molecule has 0 aromatic heterocycles. The molecule has 0 saturated carbocycles. The van der Waals surface area contributed by atoms with Gasteiger partial charge in [0.1, 0.15) is 0 Å². The molecule has 79 valence electrons. The predicted octanol–water partition coefficient (Wildman–Crippen LogP) is 1.36. The number of carboxylic acid groups (broad SMARTS) is 2. The van der Waals surface area contributed by atoms with Gasteiger partial charge in [-0.3, -0.25) is 0 Å². The van der Waals surface area contributed by atoms with E-state index < -0.39 is 29.0 Å². The van der Waals surface area contributed by atoms with Gasteiger partial charge in [-0.15, -0.1) is 0 Å². The molecule has 0 heterocycles. The third-order valence-corrected chi connectivity index (χ3v) is 1.70. The second-order valence-corrected chi connectivity index (χ2v) is 2.66. The Labute approximate surface area is 82.8 Å². The van der Waals surface area contributed by atoms with Crippen molar-refractivity contribution in [3.8, 4) is 0 Å². The minimum atomic E-state index is -4.22. The SMILES string of the molecule is O=C(O)c1c[c]ccc1C(F)(F)C(=O)O. The molecule has 0 fully saturated rings. The van der Waals surface area contributed by atoms with Crippen LogP contribution in [-0.2, 0) is 10.7 Å². The van der Waals surface area contributed by atoms with Crippen molar-refractivity contribution in [3.05, 3.63) is 35.4 Å². The molecule has 0 aliphatic rings. The Kier molecular flexibility index (Phi) is 2.69. The third-order valence-electron chi connectivity index (χ3n) is 1.70. The lowest BCUT2D eigenvalue weighted by molar-refractivity contribution is -0.166. The maximum absolute atomic E-state index is 13.0. The monoisotopic (exact) mass is 215 g/mol. The van der Waals surface area contributed by atoms with Crippen molar-refractivity contribution in [2.45, 2.75) is 5.92 Å². The van der Waals surface area contributed by atoms with E-state index in [2.05, 4.69) is 6.07 Å². The average molecular weight is 215 g/mol. The lowest BCUT2D eigenvalue weighted by Crippen LogP contribution is -2.27. The fourth-order valence-electron chi connectivity index (χ4n) is 0.996. The van der Waals surface area contributed by atoms with Gasteiger partial charge in [0, 0.05) is 5.56 Å². The van der Waals surface area contributed by atoms with Crippen LogP contribution in [-0.4, -0.2) is 22.2 Å². The second kappa shape index (κ2) is 3.64. The van der Waals surface area contributed by atoms with Crippen LogP contribution in [0.5, 0.6) is 0 Å². The summed E-state index contributed by atoms with van der Waals surface area (Å²) in [4.78, 5) is 20.8. The number of alkyl halides is 2. The maximum Gasteiger partial charge on any atom is 0.379 e. The molecule has 1 rings (SSSR count). The number of halogens is 2. The molecule has 1 aromatic rings. The summed E-state index contributed by atoms with van der Waals surface area (Å²) >= 11 is 0. The van der Waals surface area contributed by atoms with E-state index in [4.69, 9.17) is 10.2 Å². The van der Waals surface area contributed by atoms with Gasteiger partial charge in [-0.2, -0.15) is 8.78 Å². The molecule has 0 aliphatic heterocycles. The van der Waals surface area contributed by atoms with E-state index in [0.29, 0.717) is 0 Å². The molecule has 0 bridgehead atoms. The molecular formula is C9H5F2O4. The molecule has 4 nitrogen and oxygen atoms in total. The summed E-state index contributed by atoms with van der Waals surface area (Å²) in [6.07, 6.45) is 0. The highest BCUT2D eigenvalue weighted by molar-refractivity contribution is 5.92. The Morgan fingerprint density at radius 2 is 1.93 bits per heavy atom. The van der Waals surface area contributed by atoms with Gasteiger partial charge in [-0.25, -0.2) is 9.59 Å². The van der Waals surface area contributed by atoms with Crippen molar-refractivity contribution >= 4 is 11.9 Å². The van der Waals surface area contributed by atoms with Crippen LogP contribution in [0, 0.1) is 6.07 Å². The van der Waals surface area contributed by atoms with Crippen LogP contribution in [0.4, 0.5) is 8.78 Å². The van der Waals surface area contributed by atoms with Crippen molar-refractivity contribution in [1.29, 1.82) is 0 Å². The van der Waals surface area contributed by atoms with Crippen molar-refractivity contribution in [3.63, 3.8) is 0 Å². The molecule has 0 spiro atoms. The van der Waals surface area contributed by atoms with E-state index in [1.807, 2.05) is 0 Å². The summed E-state index contributed by atoms with van der Waals surface area (Å²) in [5.74, 6) is -8.23. The van der Waals surface area contributed by atoms with Gasteiger partial charge in [-0.1, -0.05) is 12.1 Å². The molecule has 6 heteroatoms. The summed E-state index contributed by atoms with van der Waals surface area (Å²) < 4.78 is 26.0. The molecule has 0 aliphatic carbocycles. The molecule has 1 aromatic carbocycles. The number of hydrogen-bond donors (Lipinski definition) is 2. The van der Waals surface area contributed by atoms with Crippen molar-refractivity contribution in [1.82, 2.24) is 0 Å². The van der Waals surface area contributed by atoms with Gasteiger partial charge in [0.05, 0.1) is 5.56 Å². The molecular weight excluding hydrogens is 210 g/mol. The van der Waals surface area contributed by atoms with Crippen molar-refractivity contribution in [2.75, 3.05) is 0 Å². The first-order valence-electron chi connectivity index (χ1n) is 3.72. The molecule has 1 radical (unpaired) electrons. The van der Waals surface area contributed by atoms with Crippen LogP contribution in [0.1, 0.15) is 15.9 Å². The number of hydrogen-bond acceptors (Lipinski definition) is 2. The topological polar surface area (TPSA) is 74.6 Å². The van der Waals surface area contributed by atoms with Crippen LogP contribution in [0.2, 0.25) is 0 Å². The van der Waals surface area contributed by atoms with E-state index >= 15 is 0 Å². The Balaban J connectivity index is 3.37. The van der Waals surface area contributed by atoms with Crippen molar-refractivity contribution < 1.29 is 28.6 Å². The minimum absolute atomic E-state index is 0.720. The molecule has 0 saturated heterocycles. The number of benzene rings is 1. The quantitative estimate of drug-likeness (QED) is 0.798. The predicted molar refractivity (Wildman–Crippen MR) is 43.8 cm³/mol. The number of aromatic carboxylic acids is 1. The van der Waals surface area contributed by atoms with Crippen LogP contribution in [0.15, 0.2) is 18.2 Å². The lowest BCUT2D eigenvalue weighted by atomic mass is 10.0. The highest BCUT2D eigenvalue weighted by Crippen LogP contribution is 2.30. The van der Waals surface area contributed by atoms with Crippen LogP contribution < -0.4 is 0 Å². The van der Waals surface area contributed by atoms with E-state index in [0.717, 1.165) is 18.2 Å². The number of carbonyl (C=O) groups is 2. The largest absolute Gasteiger partial charge is 0.478 e. The average Bonchev–Trinajstić information content (AvgIpc) is 2.17. The van der Waals surface area contributed by atoms with Crippen LogP contribution in [0.25, 0.3) is 0 Å². The Hall–Kier alpha value is -1.98. The fraction of sp³-hybridized carbons (Fsp3) is 0.111. The molecule has 0 unspecified atom stereocenters. The van der Waals surface area contributed by atoms with Gasteiger partial charge in [0.15, 0.2) is 0 Å². The van der Waals surface area contributed by atoms with Gasteiger partial charge in [0.25, 0.3) is 0 Å². The first-order chi connectivity index (χ1) is 6.87.